The van der Waals surface area contributed by atoms with Crippen LogP contribution in [0, 0.1) is 5.82 Å². The second kappa shape index (κ2) is 5.63. The zero-order valence-electron chi connectivity index (χ0n) is 10.2. The van der Waals surface area contributed by atoms with Crippen molar-refractivity contribution in [1.29, 1.82) is 0 Å². The zero-order chi connectivity index (χ0) is 13.0. The van der Waals surface area contributed by atoms with Crippen LogP contribution in [0.15, 0.2) is 18.2 Å². The molecule has 1 atom stereocenters. The maximum Gasteiger partial charge on any atom is 0.255 e. The molecule has 1 aromatic rings. The van der Waals surface area contributed by atoms with Crippen LogP contribution in [0.3, 0.4) is 0 Å². The van der Waals surface area contributed by atoms with Gasteiger partial charge in [0.05, 0.1) is 17.4 Å². The molecule has 1 amide bonds. The number of amides is 1. The molecule has 0 bridgehead atoms. The summed E-state index contributed by atoms with van der Waals surface area (Å²) in [7, 11) is 3.13. The number of likely N-dealkylation sites (N-methyl/N-ethyl adjacent to an activating group) is 1. The van der Waals surface area contributed by atoms with Crippen LogP contribution >= 0.6 is 0 Å². The minimum absolute atomic E-state index is 0.176. The first-order valence-electron chi connectivity index (χ1n) is 5.37. The van der Waals surface area contributed by atoms with Crippen LogP contribution in [0.25, 0.3) is 0 Å². The Kier molecular flexibility index (Phi) is 4.45. The molecular weight excluding hydrogens is 223 g/mol. The number of nitrogens with one attached hydrogen (secondary N) is 1. The van der Waals surface area contributed by atoms with E-state index < -0.39 is 11.9 Å². The van der Waals surface area contributed by atoms with E-state index in [0.29, 0.717) is 0 Å². The Labute approximate surface area is 100 Å². The van der Waals surface area contributed by atoms with Crippen molar-refractivity contribution >= 4 is 11.6 Å². The standard InChI is InChI=1S/C12H17FN2O2/c1-8(16)7-15(3)12(17)9-5-4-6-10(13)11(9)14-2/h4-6,8,14,16H,7H2,1-3H3. The normalized spacial score (nSPS) is 12.1. The van der Waals surface area contributed by atoms with Crippen LogP contribution in [-0.2, 0) is 0 Å². The highest BCUT2D eigenvalue weighted by Gasteiger charge is 2.18. The molecule has 0 saturated heterocycles. The molecule has 1 unspecified atom stereocenters. The van der Waals surface area contributed by atoms with Crippen LogP contribution in [0.4, 0.5) is 10.1 Å². The molecule has 2 N–H and O–H groups in total. The number of carbonyl (C=O) groups is 1. The summed E-state index contributed by atoms with van der Waals surface area (Å²) >= 11 is 0. The van der Waals surface area contributed by atoms with Crippen LogP contribution in [0.5, 0.6) is 0 Å². The van der Waals surface area contributed by atoms with E-state index in [-0.39, 0.29) is 23.7 Å². The van der Waals surface area contributed by atoms with E-state index in [0.717, 1.165) is 0 Å². The molecule has 0 heterocycles. The topological polar surface area (TPSA) is 52.6 Å². The summed E-state index contributed by atoms with van der Waals surface area (Å²) in [5.41, 5.74) is 0.436. The molecule has 1 rings (SSSR count). The summed E-state index contributed by atoms with van der Waals surface area (Å²) in [4.78, 5) is 13.4. The number of hydrogen-bond acceptors (Lipinski definition) is 3. The maximum absolute atomic E-state index is 13.5. The summed E-state index contributed by atoms with van der Waals surface area (Å²) in [5.74, 6) is -0.793. The molecule has 0 saturated carbocycles. The Balaban J connectivity index is 3.00. The van der Waals surface area contributed by atoms with E-state index in [1.54, 1.807) is 27.1 Å². The number of para-hydroxylation sites is 1. The lowest BCUT2D eigenvalue weighted by atomic mass is 10.1. The molecule has 0 aliphatic heterocycles. The van der Waals surface area contributed by atoms with Crippen LogP contribution in [0.1, 0.15) is 17.3 Å². The average Bonchev–Trinajstić information content (AvgIpc) is 2.26. The molecule has 0 aliphatic rings. The first kappa shape index (κ1) is 13.4. The van der Waals surface area contributed by atoms with E-state index in [4.69, 9.17) is 0 Å². The molecule has 94 valence electrons. The third kappa shape index (κ3) is 3.17. The molecule has 0 radical (unpaired) electrons. The largest absolute Gasteiger partial charge is 0.392 e. The number of aliphatic hydroxyl groups is 1. The van der Waals surface area contributed by atoms with E-state index in [1.165, 1.54) is 17.0 Å². The van der Waals surface area contributed by atoms with E-state index in [1.807, 2.05) is 0 Å². The molecule has 0 fully saturated rings. The van der Waals surface area contributed by atoms with Gasteiger partial charge in [0.1, 0.15) is 5.82 Å². The van der Waals surface area contributed by atoms with Crippen molar-refractivity contribution in [1.82, 2.24) is 4.90 Å². The van der Waals surface area contributed by atoms with E-state index in [9.17, 15) is 14.3 Å². The van der Waals surface area contributed by atoms with Gasteiger partial charge >= 0.3 is 0 Å². The third-order valence-electron chi connectivity index (χ3n) is 2.38. The highest BCUT2D eigenvalue weighted by molar-refractivity contribution is 5.99. The first-order chi connectivity index (χ1) is 7.97. The van der Waals surface area contributed by atoms with Crippen molar-refractivity contribution in [3.63, 3.8) is 0 Å². The number of rotatable bonds is 4. The molecule has 1 aromatic carbocycles. The van der Waals surface area contributed by atoms with Crippen molar-refractivity contribution in [3.05, 3.63) is 29.6 Å². The monoisotopic (exact) mass is 240 g/mol. The molecule has 5 heteroatoms. The van der Waals surface area contributed by atoms with Crippen molar-refractivity contribution < 1.29 is 14.3 Å². The summed E-state index contributed by atoms with van der Waals surface area (Å²) in [6, 6.07) is 4.33. The van der Waals surface area contributed by atoms with Gasteiger partial charge in [0.2, 0.25) is 0 Å². The fourth-order valence-corrected chi connectivity index (χ4v) is 1.64. The average molecular weight is 240 g/mol. The minimum Gasteiger partial charge on any atom is -0.392 e. The van der Waals surface area contributed by atoms with Gasteiger partial charge in [0.25, 0.3) is 5.91 Å². The van der Waals surface area contributed by atoms with Gasteiger partial charge in [-0.25, -0.2) is 4.39 Å². The molecule has 0 spiro atoms. The second-order valence-corrected chi connectivity index (χ2v) is 3.95. The summed E-state index contributed by atoms with van der Waals surface area (Å²) in [6.07, 6.45) is -0.615. The van der Waals surface area contributed by atoms with Crippen LogP contribution in [-0.4, -0.2) is 42.7 Å². The van der Waals surface area contributed by atoms with Gasteiger partial charge in [-0.2, -0.15) is 0 Å². The van der Waals surface area contributed by atoms with Gasteiger partial charge in [-0.15, -0.1) is 0 Å². The molecular formula is C12H17FN2O2. The number of carbonyl (C=O) groups excluding carboxylic acids is 1. The van der Waals surface area contributed by atoms with Gasteiger partial charge in [-0.3, -0.25) is 4.79 Å². The SMILES string of the molecule is CNc1c(F)cccc1C(=O)N(C)CC(C)O. The number of halogens is 1. The van der Waals surface area contributed by atoms with E-state index in [2.05, 4.69) is 5.32 Å². The number of hydrogen-bond donors (Lipinski definition) is 2. The Morgan fingerprint density at radius 1 is 1.59 bits per heavy atom. The Hall–Kier alpha value is -1.62. The predicted octanol–water partition coefficient (Wildman–Crippen LogP) is 1.32. The lowest BCUT2D eigenvalue weighted by Gasteiger charge is -2.20. The Morgan fingerprint density at radius 3 is 2.76 bits per heavy atom. The van der Waals surface area contributed by atoms with Gasteiger partial charge < -0.3 is 15.3 Å². The summed E-state index contributed by atoms with van der Waals surface area (Å²) < 4.78 is 13.5. The fourth-order valence-electron chi connectivity index (χ4n) is 1.64. The fraction of sp³-hybridized carbons (Fsp3) is 0.417. The maximum atomic E-state index is 13.5. The van der Waals surface area contributed by atoms with E-state index >= 15 is 0 Å². The number of anilines is 1. The molecule has 4 nitrogen and oxygen atoms in total. The molecule has 17 heavy (non-hydrogen) atoms. The lowest BCUT2D eigenvalue weighted by Crippen LogP contribution is -2.33. The highest BCUT2D eigenvalue weighted by atomic mass is 19.1. The first-order valence-corrected chi connectivity index (χ1v) is 5.37. The van der Waals surface area contributed by atoms with Crippen LogP contribution in [0.2, 0.25) is 0 Å². The Bertz CT molecular complexity index is 407. The number of aliphatic hydroxyl groups excluding tert-OH is 1. The molecule has 0 aliphatic carbocycles. The molecule has 0 aromatic heterocycles. The summed E-state index contributed by atoms with van der Waals surface area (Å²) in [6.45, 7) is 1.80. The quantitative estimate of drug-likeness (QED) is 0.834. The summed E-state index contributed by atoms with van der Waals surface area (Å²) in [5, 5.41) is 11.9. The van der Waals surface area contributed by atoms with Crippen molar-refractivity contribution in [2.45, 2.75) is 13.0 Å². The Morgan fingerprint density at radius 2 is 2.24 bits per heavy atom. The lowest BCUT2D eigenvalue weighted by molar-refractivity contribution is 0.0704. The highest BCUT2D eigenvalue weighted by Crippen LogP contribution is 2.20. The van der Waals surface area contributed by atoms with Crippen LogP contribution < -0.4 is 5.32 Å². The number of nitrogens with zero attached hydrogens (tertiary/aromatic N) is 1. The van der Waals surface area contributed by atoms with Gasteiger partial charge in [-0.05, 0) is 19.1 Å². The number of benzene rings is 1. The van der Waals surface area contributed by atoms with Gasteiger partial charge in [0.15, 0.2) is 0 Å². The smallest absolute Gasteiger partial charge is 0.255 e. The van der Waals surface area contributed by atoms with Crippen molar-refractivity contribution in [3.8, 4) is 0 Å². The predicted molar refractivity (Wildman–Crippen MR) is 64.6 cm³/mol. The van der Waals surface area contributed by atoms with Gasteiger partial charge in [-0.1, -0.05) is 6.07 Å². The third-order valence-corrected chi connectivity index (χ3v) is 2.38. The second-order valence-electron chi connectivity index (χ2n) is 3.95. The van der Waals surface area contributed by atoms with Crippen molar-refractivity contribution in [2.24, 2.45) is 0 Å². The zero-order valence-corrected chi connectivity index (χ0v) is 10.2. The minimum atomic E-state index is -0.615. The van der Waals surface area contributed by atoms with Crippen molar-refractivity contribution in [2.75, 3.05) is 26.0 Å². The van der Waals surface area contributed by atoms with Gasteiger partial charge in [0, 0.05) is 20.6 Å².